The molecule has 0 aliphatic heterocycles. The van der Waals surface area contributed by atoms with E-state index < -0.39 is 0 Å². The first-order valence-electron chi connectivity index (χ1n) is 3.59. The molecule has 1 atom stereocenters. The van der Waals surface area contributed by atoms with Gasteiger partial charge in [0.05, 0.1) is 0 Å². The Labute approximate surface area is 76.5 Å². The van der Waals surface area contributed by atoms with E-state index in [4.69, 9.17) is 0 Å². The van der Waals surface area contributed by atoms with Crippen LogP contribution in [0.3, 0.4) is 0 Å². The number of hydrogen-bond donors (Lipinski definition) is 0. The molecule has 0 bridgehead atoms. The molecular weight excluding hydrogens is 235 g/mol. The van der Waals surface area contributed by atoms with Gasteiger partial charge >= 0.3 is 0 Å². The van der Waals surface area contributed by atoms with Crippen molar-refractivity contribution in [1.29, 1.82) is 0 Å². The molecule has 0 aromatic carbocycles. The fourth-order valence-corrected chi connectivity index (χ4v) is 2.19. The van der Waals surface area contributed by atoms with Crippen molar-refractivity contribution < 1.29 is 0 Å². The highest BCUT2D eigenvalue weighted by atomic mass is 127. The summed E-state index contributed by atoms with van der Waals surface area (Å²) in [5.41, 5.74) is 4.53. The molecule has 0 nitrogen and oxygen atoms in total. The lowest BCUT2D eigenvalue weighted by molar-refractivity contribution is 0.869. The van der Waals surface area contributed by atoms with Crippen LogP contribution in [0.1, 0.15) is 27.7 Å². The molecular formula is C9H13I. The average molecular weight is 248 g/mol. The van der Waals surface area contributed by atoms with Gasteiger partial charge in [0.1, 0.15) is 0 Å². The van der Waals surface area contributed by atoms with E-state index >= 15 is 0 Å². The Hall–Kier alpha value is 0.210. The highest BCUT2D eigenvalue weighted by Gasteiger charge is 2.20. The van der Waals surface area contributed by atoms with E-state index in [2.05, 4.69) is 50.3 Å². The zero-order valence-corrected chi connectivity index (χ0v) is 9.11. The highest BCUT2D eigenvalue weighted by Crippen LogP contribution is 2.39. The highest BCUT2D eigenvalue weighted by molar-refractivity contribution is 14.1. The largest absolute Gasteiger partial charge is 0.0624 e. The summed E-state index contributed by atoms with van der Waals surface area (Å²) in [6.45, 7) is 8.93. The number of rotatable bonds is 0. The molecule has 0 fully saturated rings. The molecule has 0 N–H and O–H groups in total. The Balaban J connectivity index is 3.09. The third kappa shape index (κ3) is 1.04. The van der Waals surface area contributed by atoms with Crippen LogP contribution in [0.4, 0.5) is 0 Å². The Morgan fingerprint density at radius 3 is 1.70 bits per heavy atom. The van der Waals surface area contributed by atoms with Crippen molar-refractivity contribution in [2.45, 2.75) is 27.7 Å². The molecule has 0 saturated carbocycles. The van der Waals surface area contributed by atoms with Crippen molar-refractivity contribution in [3.05, 3.63) is 20.3 Å². The van der Waals surface area contributed by atoms with Gasteiger partial charge in [-0.25, -0.2) is 0 Å². The van der Waals surface area contributed by atoms with Crippen LogP contribution >= 0.6 is 22.6 Å². The molecule has 56 valence electrons. The molecule has 1 aliphatic rings. The van der Waals surface area contributed by atoms with E-state index in [1.54, 1.807) is 5.57 Å². The van der Waals surface area contributed by atoms with Gasteiger partial charge in [-0.15, -0.1) is 0 Å². The summed E-state index contributed by atoms with van der Waals surface area (Å²) in [4.78, 5) is 0. The summed E-state index contributed by atoms with van der Waals surface area (Å²) in [5.74, 6) is 0.681. The molecule has 0 aromatic heterocycles. The standard InChI is InChI=1S/C9H13I/c1-5-6(2)8(4)9(10)7(5)3/h7H,1-4H3. The molecule has 0 spiro atoms. The molecule has 1 heteroatoms. The van der Waals surface area contributed by atoms with E-state index in [1.807, 2.05) is 0 Å². The molecule has 0 saturated heterocycles. The van der Waals surface area contributed by atoms with Crippen molar-refractivity contribution in [2.75, 3.05) is 0 Å². The van der Waals surface area contributed by atoms with Gasteiger partial charge in [-0.05, 0) is 54.5 Å². The second kappa shape index (κ2) is 2.68. The predicted molar refractivity (Wildman–Crippen MR) is 54.3 cm³/mol. The fraction of sp³-hybridized carbons (Fsp3) is 0.556. The number of halogens is 1. The van der Waals surface area contributed by atoms with E-state index in [9.17, 15) is 0 Å². The first kappa shape index (κ1) is 8.31. The van der Waals surface area contributed by atoms with Crippen LogP contribution in [0.5, 0.6) is 0 Å². The van der Waals surface area contributed by atoms with Gasteiger partial charge in [0, 0.05) is 9.50 Å². The molecule has 1 aliphatic carbocycles. The average Bonchev–Trinajstić information content (AvgIpc) is 2.07. The van der Waals surface area contributed by atoms with Gasteiger partial charge in [0.25, 0.3) is 0 Å². The van der Waals surface area contributed by atoms with Crippen molar-refractivity contribution in [3.8, 4) is 0 Å². The summed E-state index contributed by atoms with van der Waals surface area (Å²) < 4.78 is 1.52. The molecule has 0 heterocycles. The minimum Gasteiger partial charge on any atom is -0.0624 e. The van der Waals surface area contributed by atoms with Crippen molar-refractivity contribution in [1.82, 2.24) is 0 Å². The van der Waals surface area contributed by atoms with E-state index in [0.717, 1.165) is 0 Å². The first-order chi connectivity index (χ1) is 4.55. The van der Waals surface area contributed by atoms with Gasteiger partial charge in [0.15, 0.2) is 0 Å². The van der Waals surface area contributed by atoms with Crippen LogP contribution in [-0.4, -0.2) is 0 Å². The van der Waals surface area contributed by atoms with Gasteiger partial charge in [-0.1, -0.05) is 12.5 Å². The molecule has 0 radical (unpaired) electrons. The minimum atomic E-state index is 0.681. The smallest absolute Gasteiger partial charge is 0.00836 e. The van der Waals surface area contributed by atoms with E-state index in [1.165, 1.54) is 14.7 Å². The summed E-state index contributed by atoms with van der Waals surface area (Å²) in [6, 6.07) is 0. The normalized spacial score (nSPS) is 26.7. The molecule has 0 aromatic rings. The quantitative estimate of drug-likeness (QED) is 0.573. The van der Waals surface area contributed by atoms with E-state index in [-0.39, 0.29) is 0 Å². The predicted octanol–water partition coefficient (Wildman–Crippen LogP) is 3.68. The summed E-state index contributed by atoms with van der Waals surface area (Å²) in [6.07, 6.45) is 0. The van der Waals surface area contributed by atoms with Crippen molar-refractivity contribution >= 4 is 22.6 Å². The van der Waals surface area contributed by atoms with Gasteiger partial charge in [0.2, 0.25) is 0 Å². The second-order valence-electron chi connectivity index (χ2n) is 3.00. The lowest BCUT2D eigenvalue weighted by Gasteiger charge is -2.03. The van der Waals surface area contributed by atoms with Crippen LogP contribution in [0.15, 0.2) is 20.3 Å². The van der Waals surface area contributed by atoms with Crippen LogP contribution < -0.4 is 0 Å². The maximum absolute atomic E-state index is 2.45. The Bertz CT molecular complexity index is 197. The van der Waals surface area contributed by atoms with E-state index in [0.29, 0.717) is 5.92 Å². The zero-order chi connectivity index (χ0) is 7.89. The van der Waals surface area contributed by atoms with Crippen LogP contribution in [-0.2, 0) is 0 Å². The first-order valence-corrected chi connectivity index (χ1v) is 4.67. The van der Waals surface area contributed by atoms with Crippen molar-refractivity contribution in [2.24, 2.45) is 5.92 Å². The Kier molecular flexibility index (Phi) is 2.23. The van der Waals surface area contributed by atoms with Crippen molar-refractivity contribution in [3.63, 3.8) is 0 Å². The fourth-order valence-electron chi connectivity index (χ4n) is 1.31. The maximum atomic E-state index is 2.45. The van der Waals surface area contributed by atoms with Gasteiger partial charge < -0.3 is 0 Å². The molecule has 0 amide bonds. The maximum Gasteiger partial charge on any atom is 0.00836 e. The summed E-state index contributed by atoms with van der Waals surface area (Å²) >= 11 is 2.45. The van der Waals surface area contributed by atoms with Crippen LogP contribution in [0.2, 0.25) is 0 Å². The van der Waals surface area contributed by atoms with Gasteiger partial charge in [-0.2, -0.15) is 0 Å². The summed E-state index contributed by atoms with van der Waals surface area (Å²) in [7, 11) is 0. The lowest BCUT2D eigenvalue weighted by atomic mass is 10.1. The second-order valence-corrected chi connectivity index (χ2v) is 4.16. The molecule has 10 heavy (non-hydrogen) atoms. The Morgan fingerprint density at radius 1 is 1.10 bits per heavy atom. The monoisotopic (exact) mass is 248 g/mol. The third-order valence-electron chi connectivity index (χ3n) is 2.54. The molecule has 1 unspecified atom stereocenters. The van der Waals surface area contributed by atoms with Gasteiger partial charge in [-0.3, -0.25) is 0 Å². The van der Waals surface area contributed by atoms with Crippen LogP contribution in [0.25, 0.3) is 0 Å². The zero-order valence-electron chi connectivity index (χ0n) is 6.96. The molecule has 1 rings (SSSR count). The summed E-state index contributed by atoms with van der Waals surface area (Å²) in [5, 5.41) is 0. The minimum absolute atomic E-state index is 0.681. The topological polar surface area (TPSA) is 0 Å². The lowest BCUT2D eigenvalue weighted by Crippen LogP contribution is -1.89. The third-order valence-corrected chi connectivity index (χ3v) is 4.29. The number of allylic oxidation sites excluding steroid dienone is 4. The SMILES string of the molecule is CC1=C(C)C(C)C(I)=C1C. The van der Waals surface area contributed by atoms with Crippen LogP contribution in [0, 0.1) is 5.92 Å². The Morgan fingerprint density at radius 2 is 1.60 bits per heavy atom. The number of hydrogen-bond acceptors (Lipinski definition) is 0.